The van der Waals surface area contributed by atoms with Gasteiger partial charge in [-0.3, -0.25) is 4.79 Å². The first-order chi connectivity index (χ1) is 7.66. The van der Waals surface area contributed by atoms with Crippen LogP contribution in [0, 0.1) is 12.3 Å². The van der Waals surface area contributed by atoms with Gasteiger partial charge in [-0.05, 0) is 18.6 Å². The van der Waals surface area contributed by atoms with E-state index in [9.17, 15) is 9.90 Å². The molecule has 1 rings (SSSR count). The molecule has 16 heavy (non-hydrogen) atoms. The van der Waals surface area contributed by atoms with Crippen molar-refractivity contribution in [2.24, 2.45) is 0 Å². The van der Waals surface area contributed by atoms with E-state index in [4.69, 9.17) is 12.2 Å². The second kappa shape index (κ2) is 5.66. The van der Waals surface area contributed by atoms with E-state index in [1.54, 1.807) is 6.07 Å². The van der Waals surface area contributed by atoms with E-state index in [2.05, 4.69) is 11.2 Å². The third-order valence-corrected chi connectivity index (χ3v) is 2.10. The quantitative estimate of drug-likeness (QED) is 0.307. The zero-order valence-corrected chi connectivity index (χ0v) is 8.86. The molecule has 4 N–H and O–H groups in total. The third kappa shape index (κ3) is 2.92. The number of carbonyl (C=O) groups excluding carboxylic acids is 1. The summed E-state index contributed by atoms with van der Waals surface area (Å²) in [6.07, 6.45) is 6.41. The number of nitrogens with one attached hydrogen (secondary N) is 1. The molecule has 0 heterocycles. The van der Waals surface area contributed by atoms with Gasteiger partial charge in [0.25, 0.3) is 5.91 Å². The number of para-hydroxylation sites is 1. The van der Waals surface area contributed by atoms with Crippen LogP contribution in [0.5, 0.6) is 5.75 Å². The second-order valence-electron chi connectivity index (χ2n) is 3.31. The first kappa shape index (κ1) is 11.9. The summed E-state index contributed by atoms with van der Waals surface area (Å²) >= 11 is 0. The molecular formula is C12H14N2O2. The van der Waals surface area contributed by atoms with Crippen LogP contribution in [0.4, 0.5) is 5.69 Å². The van der Waals surface area contributed by atoms with Crippen LogP contribution in [0.25, 0.3) is 0 Å². The highest BCUT2D eigenvalue weighted by atomic mass is 16.3. The Morgan fingerprint density at radius 2 is 2.31 bits per heavy atom. The standard InChI is InChI=1S/C12H14N2O2/c1-2-3-4-8-14-12(16)9-6-5-7-10(13)11(9)15/h1,5-7,15H,3-4,8,13H2,(H,14,16). The van der Waals surface area contributed by atoms with Crippen LogP contribution in [0.1, 0.15) is 23.2 Å². The van der Waals surface area contributed by atoms with Crippen molar-refractivity contribution in [1.82, 2.24) is 5.32 Å². The van der Waals surface area contributed by atoms with Crippen LogP contribution >= 0.6 is 0 Å². The van der Waals surface area contributed by atoms with Crippen LogP contribution in [-0.2, 0) is 0 Å². The summed E-state index contributed by atoms with van der Waals surface area (Å²) in [6.45, 7) is 0.483. The van der Waals surface area contributed by atoms with Crippen LogP contribution < -0.4 is 11.1 Å². The summed E-state index contributed by atoms with van der Waals surface area (Å²) in [6, 6.07) is 4.66. The Hall–Kier alpha value is -2.15. The minimum Gasteiger partial charge on any atom is -0.505 e. The molecule has 1 amide bonds. The van der Waals surface area contributed by atoms with Crippen LogP contribution in [0.15, 0.2) is 18.2 Å². The fourth-order valence-corrected chi connectivity index (χ4v) is 1.23. The molecule has 0 atom stereocenters. The Kier molecular flexibility index (Phi) is 4.22. The van der Waals surface area contributed by atoms with E-state index < -0.39 is 0 Å². The van der Waals surface area contributed by atoms with Crippen LogP contribution in [-0.4, -0.2) is 17.6 Å². The zero-order chi connectivity index (χ0) is 12.0. The average molecular weight is 218 g/mol. The highest BCUT2D eigenvalue weighted by molar-refractivity contribution is 5.98. The minimum atomic E-state index is -0.346. The maximum atomic E-state index is 11.6. The van der Waals surface area contributed by atoms with E-state index in [1.807, 2.05) is 0 Å². The molecule has 0 radical (unpaired) electrons. The molecule has 4 heteroatoms. The normalized spacial score (nSPS) is 9.44. The molecule has 84 valence electrons. The molecule has 0 aliphatic rings. The van der Waals surface area contributed by atoms with Gasteiger partial charge in [0.2, 0.25) is 0 Å². The van der Waals surface area contributed by atoms with Gasteiger partial charge < -0.3 is 16.2 Å². The fourth-order valence-electron chi connectivity index (χ4n) is 1.23. The largest absolute Gasteiger partial charge is 0.505 e. The Bertz CT molecular complexity index is 422. The van der Waals surface area contributed by atoms with Gasteiger partial charge in [-0.15, -0.1) is 12.3 Å². The van der Waals surface area contributed by atoms with Gasteiger partial charge in [0.1, 0.15) is 0 Å². The Morgan fingerprint density at radius 1 is 1.56 bits per heavy atom. The van der Waals surface area contributed by atoms with Crippen molar-refractivity contribution < 1.29 is 9.90 Å². The lowest BCUT2D eigenvalue weighted by Crippen LogP contribution is -2.24. The number of anilines is 1. The smallest absolute Gasteiger partial charge is 0.255 e. The molecule has 0 spiro atoms. The molecule has 1 aromatic rings. The number of carbonyl (C=O) groups is 1. The topological polar surface area (TPSA) is 75.4 Å². The number of nitrogens with two attached hydrogens (primary N) is 1. The summed E-state index contributed by atoms with van der Waals surface area (Å²) in [7, 11) is 0. The number of phenolic OH excluding ortho intramolecular Hbond substituents is 1. The molecule has 0 aromatic heterocycles. The van der Waals surface area contributed by atoms with Crippen LogP contribution in [0.3, 0.4) is 0 Å². The van der Waals surface area contributed by atoms with Crippen molar-refractivity contribution in [3.63, 3.8) is 0 Å². The number of unbranched alkanes of at least 4 members (excludes halogenated alkanes) is 1. The Balaban J connectivity index is 2.60. The second-order valence-corrected chi connectivity index (χ2v) is 3.31. The van der Waals surface area contributed by atoms with E-state index in [0.717, 1.165) is 0 Å². The molecule has 0 unspecified atom stereocenters. The molecule has 0 bridgehead atoms. The van der Waals surface area contributed by atoms with E-state index in [0.29, 0.717) is 19.4 Å². The van der Waals surface area contributed by atoms with Crippen molar-refractivity contribution in [3.05, 3.63) is 23.8 Å². The van der Waals surface area contributed by atoms with E-state index >= 15 is 0 Å². The number of hydrogen-bond acceptors (Lipinski definition) is 3. The van der Waals surface area contributed by atoms with Gasteiger partial charge >= 0.3 is 0 Å². The van der Waals surface area contributed by atoms with Crippen molar-refractivity contribution >= 4 is 11.6 Å². The Labute approximate surface area is 94.5 Å². The van der Waals surface area contributed by atoms with Crippen molar-refractivity contribution in [3.8, 4) is 18.1 Å². The van der Waals surface area contributed by atoms with Gasteiger partial charge in [0, 0.05) is 13.0 Å². The first-order valence-electron chi connectivity index (χ1n) is 4.96. The maximum absolute atomic E-state index is 11.6. The van der Waals surface area contributed by atoms with Crippen molar-refractivity contribution in [1.29, 1.82) is 0 Å². The predicted molar refractivity (Wildman–Crippen MR) is 62.9 cm³/mol. The number of rotatable bonds is 4. The van der Waals surface area contributed by atoms with Crippen molar-refractivity contribution in [2.45, 2.75) is 12.8 Å². The zero-order valence-electron chi connectivity index (χ0n) is 8.86. The molecular weight excluding hydrogens is 204 g/mol. The lowest BCUT2D eigenvalue weighted by molar-refractivity contribution is 0.0951. The minimum absolute atomic E-state index is 0.181. The number of benzene rings is 1. The predicted octanol–water partition coefficient (Wildman–Crippen LogP) is 1.12. The molecule has 0 saturated heterocycles. The maximum Gasteiger partial charge on any atom is 0.255 e. The van der Waals surface area contributed by atoms with Crippen LogP contribution in [0.2, 0.25) is 0 Å². The number of terminal acetylenes is 1. The van der Waals surface area contributed by atoms with Gasteiger partial charge in [-0.1, -0.05) is 6.07 Å². The highest BCUT2D eigenvalue weighted by Gasteiger charge is 2.11. The third-order valence-electron chi connectivity index (χ3n) is 2.10. The molecule has 0 fully saturated rings. The lowest BCUT2D eigenvalue weighted by Gasteiger charge is -2.07. The van der Waals surface area contributed by atoms with Crippen molar-refractivity contribution in [2.75, 3.05) is 12.3 Å². The molecule has 0 aliphatic heterocycles. The fraction of sp³-hybridized carbons (Fsp3) is 0.250. The molecule has 4 nitrogen and oxygen atoms in total. The highest BCUT2D eigenvalue weighted by Crippen LogP contribution is 2.23. The number of aromatic hydroxyl groups is 1. The van der Waals surface area contributed by atoms with Gasteiger partial charge in [-0.2, -0.15) is 0 Å². The van der Waals surface area contributed by atoms with E-state index in [-0.39, 0.29) is 22.9 Å². The summed E-state index contributed by atoms with van der Waals surface area (Å²) in [5.74, 6) is 1.95. The summed E-state index contributed by atoms with van der Waals surface area (Å²) in [5.41, 5.74) is 5.85. The van der Waals surface area contributed by atoms with Gasteiger partial charge in [-0.25, -0.2) is 0 Å². The molecule has 0 aliphatic carbocycles. The monoisotopic (exact) mass is 218 g/mol. The first-order valence-corrected chi connectivity index (χ1v) is 4.96. The summed E-state index contributed by atoms with van der Waals surface area (Å²) in [4.78, 5) is 11.6. The van der Waals surface area contributed by atoms with Gasteiger partial charge in [0.15, 0.2) is 5.75 Å². The summed E-state index contributed by atoms with van der Waals surface area (Å²) < 4.78 is 0. The molecule has 0 saturated carbocycles. The number of nitrogen functional groups attached to an aromatic ring is 1. The number of amides is 1. The Morgan fingerprint density at radius 3 is 3.00 bits per heavy atom. The van der Waals surface area contributed by atoms with Gasteiger partial charge in [0.05, 0.1) is 11.3 Å². The lowest BCUT2D eigenvalue weighted by atomic mass is 10.1. The number of hydrogen-bond donors (Lipinski definition) is 3. The average Bonchev–Trinajstić information content (AvgIpc) is 2.28. The SMILES string of the molecule is C#CCCCNC(=O)c1cccc(N)c1O. The number of phenols is 1. The molecule has 1 aromatic carbocycles. The van der Waals surface area contributed by atoms with E-state index in [1.165, 1.54) is 12.1 Å². The summed E-state index contributed by atoms with van der Waals surface area (Å²) in [5, 5.41) is 12.2.